The fourth-order valence-electron chi connectivity index (χ4n) is 5.67. The zero-order chi connectivity index (χ0) is 29.3. The Morgan fingerprint density at radius 1 is 1.15 bits per heavy atom. The van der Waals surface area contributed by atoms with Crippen molar-refractivity contribution in [1.29, 1.82) is 0 Å². The SMILES string of the molecule is CC(C)(C)[C@H](c1nc(-c2cc(F)ccc2F)nn1Cc1cccc(F)c1)N(C[C@@H]1CNC[C@@H]1F)C(=O)[C@@H]1CCCO1. The van der Waals surface area contributed by atoms with Gasteiger partial charge in [0.15, 0.2) is 11.6 Å². The molecule has 5 rings (SSSR count). The summed E-state index contributed by atoms with van der Waals surface area (Å²) in [7, 11) is 0. The highest BCUT2D eigenvalue weighted by Gasteiger charge is 2.44. The summed E-state index contributed by atoms with van der Waals surface area (Å²) in [6, 6.07) is 8.23. The molecule has 2 aliphatic rings. The molecule has 2 saturated heterocycles. The molecular formula is C30H35F4N5O2. The fraction of sp³-hybridized carbons (Fsp3) is 0.500. The van der Waals surface area contributed by atoms with E-state index in [4.69, 9.17) is 9.72 Å². The summed E-state index contributed by atoms with van der Waals surface area (Å²) in [4.78, 5) is 20.4. The summed E-state index contributed by atoms with van der Waals surface area (Å²) in [5, 5.41) is 7.60. The van der Waals surface area contributed by atoms with E-state index in [1.165, 1.54) is 16.8 Å². The third-order valence-corrected chi connectivity index (χ3v) is 7.64. The molecule has 0 bridgehead atoms. The summed E-state index contributed by atoms with van der Waals surface area (Å²) in [6.45, 7) is 7.01. The van der Waals surface area contributed by atoms with E-state index >= 15 is 0 Å². The Morgan fingerprint density at radius 2 is 1.93 bits per heavy atom. The second kappa shape index (κ2) is 11.9. The van der Waals surface area contributed by atoms with Crippen LogP contribution in [0.2, 0.25) is 0 Å². The van der Waals surface area contributed by atoms with Crippen molar-refractivity contribution >= 4 is 5.91 Å². The first-order valence-corrected chi connectivity index (χ1v) is 13.9. The molecule has 0 aliphatic carbocycles. The van der Waals surface area contributed by atoms with Crippen molar-refractivity contribution in [3.05, 3.63) is 71.3 Å². The molecule has 0 unspecified atom stereocenters. The van der Waals surface area contributed by atoms with Crippen molar-refractivity contribution in [3.63, 3.8) is 0 Å². The van der Waals surface area contributed by atoms with Crippen LogP contribution in [0.25, 0.3) is 11.4 Å². The van der Waals surface area contributed by atoms with Gasteiger partial charge in [-0.1, -0.05) is 32.9 Å². The molecule has 3 heterocycles. The van der Waals surface area contributed by atoms with Crippen LogP contribution in [0.15, 0.2) is 42.5 Å². The molecule has 2 aliphatic heterocycles. The van der Waals surface area contributed by atoms with E-state index in [1.54, 1.807) is 17.0 Å². The smallest absolute Gasteiger partial charge is 0.252 e. The number of carbonyl (C=O) groups is 1. The van der Waals surface area contributed by atoms with Crippen molar-refractivity contribution in [3.8, 4) is 11.4 Å². The zero-order valence-corrected chi connectivity index (χ0v) is 23.4. The van der Waals surface area contributed by atoms with Gasteiger partial charge in [-0.05, 0) is 54.2 Å². The highest BCUT2D eigenvalue weighted by molar-refractivity contribution is 5.81. The van der Waals surface area contributed by atoms with Crippen LogP contribution in [0, 0.1) is 28.8 Å². The van der Waals surface area contributed by atoms with Gasteiger partial charge in [-0.25, -0.2) is 27.2 Å². The lowest BCUT2D eigenvalue weighted by molar-refractivity contribution is -0.147. The number of benzene rings is 2. The number of alkyl halides is 1. The Morgan fingerprint density at radius 3 is 2.59 bits per heavy atom. The minimum atomic E-state index is -1.14. The summed E-state index contributed by atoms with van der Waals surface area (Å²) >= 11 is 0. The predicted molar refractivity (Wildman–Crippen MR) is 145 cm³/mol. The van der Waals surface area contributed by atoms with E-state index in [1.807, 2.05) is 20.8 Å². The maximum absolute atomic E-state index is 14.9. The van der Waals surface area contributed by atoms with E-state index in [-0.39, 0.29) is 36.9 Å². The van der Waals surface area contributed by atoms with Gasteiger partial charge in [0.05, 0.1) is 18.2 Å². The molecule has 0 radical (unpaired) electrons. The summed E-state index contributed by atoms with van der Waals surface area (Å²) < 4.78 is 65.3. The first-order valence-electron chi connectivity index (χ1n) is 13.9. The molecule has 220 valence electrons. The number of hydrogen-bond acceptors (Lipinski definition) is 5. The van der Waals surface area contributed by atoms with Crippen molar-refractivity contribution in [2.75, 3.05) is 26.2 Å². The molecule has 2 aromatic carbocycles. The number of rotatable bonds is 8. The molecule has 0 spiro atoms. The number of aromatic nitrogens is 3. The summed E-state index contributed by atoms with van der Waals surface area (Å²) in [5.41, 5.74) is -0.232. The number of nitrogens with zero attached hydrogens (tertiary/aromatic N) is 4. The van der Waals surface area contributed by atoms with Crippen molar-refractivity contribution in [1.82, 2.24) is 25.0 Å². The number of carbonyl (C=O) groups excluding carboxylic acids is 1. The molecule has 4 atom stereocenters. The first kappa shape index (κ1) is 29.2. The maximum atomic E-state index is 14.9. The Hall–Kier alpha value is -3.31. The Labute approximate surface area is 236 Å². The molecule has 1 amide bonds. The normalized spacial score (nSPS) is 21.8. The molecule has 1 aromatic heterocycles. The van der Waals surface area contributed by atoms with Gasteiger partial charge in [0, 0.05) is 32.2 Å². The number of hydrogen-bond donors (Lipinski definition) is 1. The van der Waals surface area contributed by atoms with Crippen molar-refractivity contribution in [2.24, 2.45) is 11.3 Å². The number of halogens is 4. The van der Waals surface area contributed by atoms with Crippen LogP contribution in [-0.4, -0.2) is 64.1 Å². The lowest BCUT2D eigenvalue weighted by Gasteiger charge is -2.41. The highest BCUT2D eigenvalue weighted by Crippen LogP contribution is 2.40. The molecule has 0 saturated carbocycles. The van der Waals surface area contributed by atoms with Crippen LogP contribution in [-0.2, 0) is 16.1 Å². The van der Waals surface area contributed by atoms with Crippen molar-refractivity contribution < 1.29 is 27.1 Å². The van der Waals surface area contributed by atoms with E-state index < -0.39 is 47.1 Å². The van der Waals surface area contributed by atoms with Crippen LogP contribution in [0.1, 0.15) is 51.0 Å². The Bertz CT molecular complexity index is 1390. The number of ether oxygens (including phenoxy) is 1. The predicted octanol–water partition coefficient (Wildman–Crippen LogP) is 5.06. The van der Waals surface area contributed by atoms with E-state index in [0.717, 1.165) is 24.6 Å². The third-order valence-electron chi connectivity index (χ3n) is 7.64. The van der Waals surface area contributed by atoms with Crippen LogP contribution in [0.5, 0.6) is 0 Å². The van der Waals surface area contributed by atoms with E-state index in [9.17, 15) is 22.4 Å². The first-order chi connectivity index (χ1) is 19.5. The summed E-state index contributed by atoms with van der Waals surface area (Å²) in [5.74, 6) is -2.31. The second-order valence-corrected chi connectivity index (χ2v) is 11.9. The average Bonchev–Trinajstić information content (AvgIpc) is 3.67. The Balaban J connectivity index is 1.65. The monoisotopic (exact) mass is 573 g/mol. The van der Waals surface area contributed by atoms with Gasteiger partial charge in [-0.15, -0.1) is 0 Å². The van der Waals surface area contributed by atoms with Gasteiger partial charge in [-0.3, -0.25) is 4.79 Å². The van der Waals surface area contributed by atoms with Gasteiger partial charge in [0.25, 0.3) is 5.91 Å². The van der Waals surface area contributed by atoms with Crippen LogP contribution >= 0.6 is 0 Å². The van der Waals surface area contributed by atoms with Gasteiger partial charge in [0.2, 0.25) is 0 Å². The zero-order valence-electron chi connectivity index (χ0n) is 23.4. The topological polar surface area (TPSA) is 72.3 Å². The van der Waals surface area contributed by atoms with Crippen LogP contribution < -0.4 is 5.32 Å². The van der Waals surface area contributed by atoms with Crippen molar-refractivity contribution in [2.45, 2.75) is 58.5 Å². The van der Waals surface area contributed by atoms with Gasteiger partial charge in [-0.2, -0.15) is 5.10 Å². The number of nitrogens with one attached hydrogen (secondary N) is 1. The quantitative estimate of drug-likeness (QED) is 0.382. The molecule has 2 fully saturated rings. The maximum Gasteiger partial charge on any atom is 0.252 e. The molecular weight excluding hydrogens is 538 g/mol. The average molecular weight is 574 g/mol. The summed E-state index contributed by atoms with van der Waals surface area (Å²) in [6.07, 6.45) is -0.534. The second-order valence-electron chi connectivity index (χ2n) is 11.9. The minimum absolute atomic E-state index is 0.0578. The fourth-order valence-corrected chi connectivity index (χ4v) is 5.67. The molecule has 7 nitrogen and oxygen atoms in total. The largest absolute Gasteiger partial charge is 0.368 e. The highest BCUT2D eigenvalue weighted by atomic mass is 19.1. The molecule has 1 N–H and O–H groups in total. The van der Waals surface area contributed by atoms with Crippen LogP contribution in [0.3, 0.4) is 0 Å². The Kier molecular flexibility index (Phi) is 8.47. The van der Waals surface area contributed by atoms with E-state index in [2.05, 4.69) is 10.4 Å². The van der Waals surface area contributed by atoms with Crippen LogP contribution in [0.4, 0.5) is 17.6 Å². The molecule has 3 aromatic rings. The number of amides is 1. The van der Waals surface area contributed by atoms with Gasteiger partial charge < -0.3 is 15.0 Å². The van der Waals surface area contributed by atoms with Gasteiger partial charge >= 0.3 is 0 Å². The minimum Gasteiger partial charge on any atom is -0.368 e. The molecule has 41 heavy (non-hydrogen) atoms. The lowest BCUT2D eigenvalue weighted by Crippen LogP contribution is -2.49. The van der Waals surface area contributed by atoms with E-state index in [0.29, 0.717) is 31.0 Å². The molecule has 11 heteroatoms. The lowest BCUT2D eigenvalue weighted by atomic mass is 9.83. The standard InChI is InChI=1S/C30H35F4N5O2/c1-30(2,3)26(38(17-19-14-35-15-24(19)34)29(40)25-8-5-11-41-25)28-36-27(22-13-21(32)9-10-23(22)33)37-39(28)16-18-6-4-7-20(31)12-18/h4,6-7,9-10,12-13,19,24-26,35H,5,8,11,14-17H2,1-3H3/t19-,24-,25-,26-/m0/s1. The van der Waals surface area contributed by atoms with Gasteiger partial charge in [0.1, 0.15) is 29.7 Å². The third kappa shape index (κ3) is 6.46.